The molecule has 162 valence electrons. The highest BCUT2D eigenvalue weighted by molar-refractivity contribution is 7.99. The van der Waals surface area contributed by atoms with E-state index < -0.39 is 0 Å². The minimum Gasteiger partial charge on any atom is -0.342 e. The van der Waals surface area contributed by atoms with Crippen molar-refractivity contribution in [2.45, 2.75) is 69.2 Å². The molecule has 7 heteroatoms. The maximum Gasteiger partial charge on any atom is 0.233 e. The number of thioether (sulfide) groups is 1. The van der Waals surface area contributed by atoms with Gasteiger partial charge in [-0.1, -0.05) is 61.4 Å². The number of rotatable bonds is 8. The number of benzene rings is 1. The summed E-state index contributed by atoms with van der Waals surface area (Å²) in [6.45, 7) is 3.83. The largest absolute Gasteiger partial charge is 0.342 e. The third-order valence-electron chi connectivity index (χ3n) is 6.38. The third-order valence-corrected chi connectivity index (χ3v) is 7.33. The van der Waals surface area contributed by atoms with E-state index in [-0.39, 0.29) is 5.91 Å². The zero-order chi connectivity index (χ0) is 20.8. The number of likely N-dealkylation sites (tertiary alicyclic amines) is 1. The van der Waals surface area contributed by atoms with Crippen LogP contribution in [0.25, 0.3) is 0 Å². The highest BCUT2D eigenvalue weighted by atomic mass is 32.2. The van der Waals surface area contributed by atoms with E-state index in [1.165, 1.54) is 49.4 Å². The van der Waals surface area contributed by atoms with E-state index in [1.54, 1.807) is 0 Å². The van der Waals surface area contributed by atoms with Crippen molar-refractivity contribution in [2.24, 2.45) is 0 Å². The zero-order valence-corrected chi connectivity index (χ0v) is 18.8. The maximum absolute atomic E-state index is 12.8. The summed E-state index contributed by atoms with van der Waals surface area (Å²) in [6.07, 6.45) is 8.57. The van der Waals surface area contributed by atoms with Crippen molar-refractivity contribution < 1.29 is 4.79 Å². The molecule has 0 N–H and O–H groups in total. The molecule has 1 aromatic carbocycles. The van der Waals surface area contributed by atoms with Crippen LogP contribution >= 0.6 is 11.8 Å². The SMILES string of the molecule is CN(C(=O)CSc1nnc(CN2CCCC2)n1Cc1ccccc1)C1CCCCC1. The van der Waals surface area contributed by atoms with Gasteiger partial charge in [-0.15, -0.1) is 10.2 Å². The molecule has 2 aromatic rings. The Balaban J connectivity index is 1.44. The van der Waals surface area contributed by atoms with E-state index in [9.17, 15) is 4.79 Å². The summed E-state index contributed by atoms with van der Waals surface area (Å²) in [6, 6.07) is 10.8. The average Bonchev–Trinajstić information content (AvgIpc) is 3.44. The standard InChI is InChI=1S/C23H33N5OS/c1-26(20-12-6-3-7-13-20)22(29)18-30-23-25-24-21(17-27-14-8-9-15-27)28(23)16-19-10-4-2-5-11-19/h2,4-5,10-11,20H,3,6-9,12-18H2,1H3. The summed E-state index contributed by atoms with van der Waals surface area (Å²) in [7, 11) is 1.96. The van der Waals surface area contributed by atoms with Gasteiger partial charge in [0.15, 0.2) is 5.16 Å². The van der Waals surface area contributed by atoms with Crippen molar-refractivity contribution >= 4 is 17.7 Å². The van der Waals surface area contributed by atoms with Crippen LogP contribution in [-0.2, 0) is 17.9 Å². The molecule has 0 radical (unpaired) electrons. The lowest BCUT2D eigenvalue weighted by Gasteiger charge is -2.31. The second kappa shape index (κ2) is 10.4. The first-order valence-electron chi connectivity index (χ1n) is 11.3. The summed E-state index contributed by atoms with van der Waals surface area (Å²) in [4.78, 5) is 17.2. The van der Waals surface area contributed by atoms with Crippen LogP contribution in [0.15, 0.2) is 35.5 Å². The van der Waals surface area contributed by atoms with Crippen molar-refractivity contribution in [1.82, 2.24) is 24.6 Å². The number of aromatic nitrogens is 3. The summed E-state index contributed by atoms with van der Waals surface area (Å²) in [5.41, 5.74) is 1.23. The molecule has 30 heavy (non-hydrogen) atoms. The van der Waals surface area contributed by atoms with Crippen LogP contribution in [0.1, 0.15) is 56.3 Å². The molecular formula is C23H33N5OS. The molecule has 1 aliphatic carbocycles. The predicted octanol–water partition coefficient (Wildman–Crippen LogP) is 3.81. The van der Waals surface area contributed by atoms with E-state index in [1.807, 2.05) is 18.0 Å². The third kappa shape index (κ3) is 5.43. The smallest absolute Gasteiger partial charge is 0.233 e. The van der Waals surface area contributed by atoms with Gasteiger partial charge in [-0.2, -0.15) is 0 Å². The van der Waals surface area contributed by atoms with Crippen LogP contribution in [0.5, 0.6) is 0 Å². The van der Waals surface area contributed by atoms with E-state index >= 15 is 0 Å². The molecule has 0 atom stereocenters. The molecule has 0 spiro atoms. The molecule has 1 aromatic heterocycles. The number of carbonyl (C=O) groups excluding carboxylic acids is 1. The van der Waals surface area contributed by atoms with Gasteiger partial charge in [-0.25, -0.2) is 0 Å². The molecule has 4 rings (SSSR count). The second-order valence-corrected chi connectivity index (χ2v) is 9.48. The first-order valence-corrected chi connectivity index (χ1v) is 12.3. The van der Waals surface area contributed by atoms with Gasteiger partial charge >= 0.3 is 0 Å². The molecule has 1 saturated carbocycles. The average molecular weight is 428 g/mol. The summed E-state index contributed by atoms with van der Waals surface area (Å²) < 4.78 is 2.20. The fraction of sp³-hybridized carbons (Fsp3) is 0.609. The predicted molar refractivity (Wildman–Crippen MR) is 120 cm³/mol. The summed E-state index contributed by atoms with van der Waals surface area (Å²) in [5, 5.41) is 9.84. The van der Waals surface area contributed by atoms with Crippen LogP contribution in [-0.4, -0.2) is 62.4 Å². The van der Waals surface area contributed by atoms with Gasteiger partial charge < -0.3 is 9.47 Å². The number of hydrogen-bond acceptors (Lipinski definition) is 5. The Kier molecular flexibility index (Phi) is 7.44. The molecule has 1 saturated heterocycles. The van der Waals surface area contributed by atoms with E-state index in [0.29, 0.717) is 11.8 Å². The van der Waals surface area contributed by atoms with Gasteiger partial charge in [0, 0.05) is 13.1 Å². The Bertz CT molecular complexity index is 812. The van der Waals surface area contributed by atoms with Gasteiger partial charge in [-0.3, -0.25) is 9.69 Å². The molecule has 2 heterocycles. The summed E-state index contributed by atoms with van der Waals surface area (Å²) >= 11 is 1.53. The first-order chi connectivity index (χ1) is 14.7. The lowest BCUT2D eigenvalue weighted by atomic mass is 9.94. The van der Waals surface area contributed by atoms with Crippen LogP contribution in [0.3, 0.4) is 0 Å². The lowest BCUT2D eigenvalue weighted by Crippen LogP contribution is -2.39. The molecule has 0 unspecified atom stereocenters. The van der Waals surface area contributed by atoms with Crippen LogP contribution in [0.2, 0.25) is 0 Å². The van der Waals surface area contributed by atoms with E-state index in [0.717, 1.165) is 50.0 Å². The Morgan fingerprint density at radius 3 is 2.50 bits per heavy atom. The normalized spacial score (nSPS) is 18.0. The van der Waals surface area contributed by atoms with Crippen LogP contribution in [0.4, 0.5) is 0 Å². The van der Waals surface area contributed by atoms with Crippen molar-refractivity contribution in [3.05, 3.63) is 41.7 Å². The highest BCUT2D eigenvalue weighted by Crippen LogP contribution is 2.24. The Hall–Kier alpha value is -1.86. The number of amides is 1. The molecule has 1 aliphatic heterocycles. The number of nitrogens with zero attached hydrogens (tertiary/aromatic N) is 5. The monoisotopic (exact) mass is 427 g/mol. The van der Waals surface area contributed by atoms with Gasteiger partial charge in [0.2, 0.25) is 5.91 Å². The highest BCUT2D eigenvalue weighted by Gasteiger charge is 2.23. The van der Waals surface area contributed by atoms with E-state index in [2.05, 4.69) is 43.9 Å². The molecule has 2 aliphatic rings. The van der Waals surface area contributed by atoms with E-state index in [4.69, 9.17) is 0 Å². The minimum absolute atomic E-state index is 0.197. The maximum atomic E-state index is 12.8. The minimum atomic E-state index is 0.197. The quantitative estimate of drug-likeness (QED) is 0.600. The van der Waals surface area contributed by atoms with Crippen LogP contribution in [0, 0.1) is 0 Å². The van der Waals surface area contributed by atoms with Crippen molar-refractivity contribution in [1.29, 1.82) is 0 Å². The van der Waals surface area contributed by atoms with Crippen molar-refractivity contribution in [3.63, 3.8) is 0 Å². The fourth-order valence-electron chi connectivity index (χ4n) is 4.51. The Morgan fingerprint density at radius 1 is 1.03 bits per heavy atom. The van der Waals surface area contributed by atoms with Gasteiger partial charge in [-0.05, 0) is 44.3 Å². The number of carbonyl (C=O) groups is 1. The topological polar surface area (TPSA) is 54.3 Å². The first kappa shape index (κ1) is 21.4. The van der Waals surface area contributed by atoms with Crippen molar-refractivity contribution in [2.75, 3.05) is 25.9 Å². The molecule has 0 bridgehead atoms. The van der Waals surface area contributed by atoms with Gasteiger partial charge in [0.1, 0.15) is 5.82 Å². The lowest BCUT2D eigenvalue weighted by molar-refractivity contribution is -0.129. The molecular weight excluding hydrogens is 394 g/mol. The Morgan fingerprint density at radius 2 is 1.77 bits per heavy atom. The fourth-order valence-corrected chi connectivity index (χ4v) is 5.39. The van der Waals surface area contributed by atoms with Gasteiger partial charge in [0.25, 0.3) is 0 Å². The Labute approximate surface area is 184 Å². The van der Waals surface area contributed by atoms with Crippen molar-refractivity contribution in [3.8, 4) is 0 Å². The van der Waals surface area contributed by atoms with Gasteiger partial charge in [0.05, 0.1) is 18.8 Å². The zero-order valence-electron chi connectivity index (χ0n) is 18.0. The summed E-state index contributed by atoms with van der Waals surface area (Å²) in [5.74, 6) is 1.61. The molecule has 2 fully saturated rings. The van der Waals surface area contributed by atoms with Crippen LogP contribution < -0.4 is 0 Å². The molecule has 6 nitrogen and oxygen atoms in total. The second-order valence-electron chi connectivity index (χ2n) is 8.54. The molecule has 1 amide bonds. The number of hydrogen-bond donors (Lipinski definition) is 0.